The molecule has 2 aromatic rings. The monoisotopic (exact) mass is 408 g/mol. The zero-order valence-corrected chi connectivity index (χ0v) is 16.3. The van der Waals surface area contributed by atoms with Crippen molar-refractivity contribution in [1.29, 1.82) is 0 Å². The van der Waals surface area contributed by atoms with E-state index < -0.39 is 16.8 Å². The third-order valence-corrected chi connectivity index (χ3v) is 5.52. The molecule has 1 aliphatic carbocycles. The van der Waals surface area contributed by atoms with Crippen LogP contribution in [0.15, 0.2) is 6.20 Å². The summed E-state index contributed by atoms with van der Waals surface area (Å²) in [4.78, 5) is 36.3. The molecule has 3 rings (SSSR count). The first-order chi connectivity index (χ1) is 13.4. The molecule has 150 valence electrons. The average molecular weight is 408 g/mol. The summed E-state index contributed by atoms with van der Waals surface area (Å²) in [5, 5.41) is 18.1. The Hall–Kier alpha value is -2.95. The van der Waals surface area contributed by atoms with E-state index in [1.807, 2.05) is 0 Å². The number of fused-ring (bicyclic) bond motifs is 1. The van der Waals surface area contributed by atoms with E-state index in [1.165, 1.54) is 18.4 Å². The van der Waals surface area contributed by atoms with Crippen molar-refractivity contribution in [1.82, 2.24) is 9.78 Å². The van der Waals surface area contributed by atoms with E-state index in [0.29, 0.717) is 10.6 Å². The lowest BCUT2D eigenvalue weighted by Crippen LogP contribution is -2.20. The fourth-order valence-electron chi connectivity index (χ4n) is 3.13. The van der Waals surface area contributed by atoms with Gasteiger partial charge < -0.3 is 14.8 Å². The molecule has 1 N–H and O–H groups in total. The number of rotatable bonds is 7. The number of aromatic nitrogens is 2. The number of nitrogens with zero attached hydrogens (tertiary/aromatic N) is 3. The van der Waals surface area contributed by atoms with Gasteiger partial charge in [-0.3, -0.25) is 19.6 Å². The predicted molar refractivity (Wildman–Crippen MR) is 101 cm³/mol. The van der Waals surface area contributed by atoms with E-state index in [1.54, 1.807) is 6.92 Å². The first-order valence-electron chi connectivity index (χ1n) is 8.81. The molecule has 0 atom stereocenters. The van der Waals surface area contributed by atoms with Crippen molar-refractivity contribution in [2.24, 2.45) is 0 Å². The Morgan fingerprint density at radius 3 is 2.79 bits per heavy atom. The number of thiophene rings is 1. The van der Waals surface area contributed by atoms with Crippen LogP contribution in [0.3, 0.4) is 0 Å². The average Bonchev–Trinajstić information content (AvgIpc) is 3.22. The Kier molecular flexibility index (Phi) is 5.93. The fourth-order valence-corrected chi connectivity index (χ4v) is 4.42. The third kappa shape index (κ3) is 3.98. The van der Waals surface area contributed by atoms with Crippen LogP contribution in [0.5, 0.6) is 5.88 Å². The van der Waals surface area contributed by atoms with Crippen molar-refractivity contribution in [3.05, 3.63) is 32.3 Å². The second kappa shape index (κ2) is 8.38. The zero-order chi connectivity index (χ0) is 20.3. The number of anilines is 1. The second-order valence-electron chi connectivity index (χ2n) is 6.16. The molecule has 2 aromatic heterocycles. The standard InChI is InChI=1S/C17H20N4O6S/c1-3-27-17(23)14-10-6-4-5-7-12(10)28-16(14)18-13(22)9-20-8-11(21(24)25)15(19-20)26-2/h8H,3-7,9H2,1-2H3,(H,18,22). The number of methoxy groups -OCH3 is 1. The van der Waals surface area contributed by atoms with Gasteiger partial charge in [0.15, 0.2) is 0 Å². The van der Waals surface area contributed by atoms with Crippen molar-refractivity contribution in [3.8, 4) is 5.88 Å². The van der Waals surface area contributed by atoms with Crippen LogP contribution in [-0.2, 0) is 28.9 Å². The molecule has 11 heteroatoms. The summed E-state index contributed by atoms with van der Waals surface area (Å²) in [5.74, 6) is -1.07. The van der Waals surface area contributed by atoms with Crippen LogP contribution in [-0.4, -0.2) is 40.3 Å². The minimum absolute atomic E-state index is 0.170. The number of hydrogen-bond donors (Lipinski definition) is 1. The van der Waals surface area contributed by atoms with Crippen LogP contribution < -0.4 is 10.1 Å². The number of nitro groups is 1. The molecule has 2 heterocycles. The highest BCUT2D eigenvalue weighted by atomic mass is 32.1. The summed E-state index contributed by atoms with van der Waals surface area (Å²) < 4.78 is 11.1. The van der Waals surface area contributed by atoms with E-state index in [9.17, 15) is 19.7 Å². The topological polar surface area (TPSA) is 126 Å². The molecule has 0 unspecified atom stereocenters. The molecule has 0 bridgehead atoms. The van der Waals surface area contributed by atoms with E-state index in [-0.39, 0.29) is 24.7 Å². The van der Waals surface area contributed by atoms with Gasteiger partial charge in [0, 0.05) is 4.88 Å². The van der Waals surface area contributed by atoms with Crippen LogP contribution in [0.2, 0.25) is 0 Å². The fraction of sp³-hybridized carbons (Fsp3) is 0.471. The summed E-state index contributed by atoms with van der Waals surface area (Å²) in [6, 6.07) is 0. The Morgan fingerprint density at radius 1 is 1.39 bits per heavy atom. The lowest BCUT2D eigenvalue weighted by Gasteiger charge is -2.12. The molecule has 0 saturated heterocycles. The maximum Gasteiger partial charge on any atom is 0.350 e. The molecule has 0 saturated carbocycles. The highest BCUT2D eigenvalue weighted by Crippen LogP contribution is 2.38. The highest BCUT2D eigenvalue weighted by molar-refractivity contribution is 7.17. The molecule has 10 nitrogen and oxygen atoms in total. The zero-order valence-electron chi connectivity index (χ0n) is 15.5. The quantitative estimate of drug-likeness (QED) is 0.424. The molecular formula is C17H20N4O6S. The molecule has 1 aliphatic rings. The van der Waals surface area contributed by atoms with E-state index in [4.69, 9.17) is 9.47 Å². The Morgan fingerprint density at radius 2 is 2.14 bits per heavy atom. The Balaban J connectivity index is 1.81. The smallest absolute Gasteiger partial charge is 0.350 e. The van der Waals surface area contributed by atoms with E-state index in [0.717, 1.165) is 47.0 Å². The maximum atomic E-state index is 12.5. The lowest BCUT2D eigenvalue weighted by atomic mass is 9.95. The Bertz CT molecular complexity index is 919. The summed E-state index contributed by atoms with van der Waals surface area (Å²) in [7, 11) is 1.27. The molecule has 0 aromatic carbocycles. The third-order valence-electron chi connectivity index (χ3n) is 4.31. The molecule has 0 radical (unpaired) electrons. The minimum atomic E-state index is -0.633. The van der Waals surface area contributed by atoms with Crippen molar-refractivity contribution in [2.75, 3.05) is 19.0 Å². The number of aryl methyl sites for hydroxylation is 1. The van der Waals surface area contributed by atoms with Crippen molar-refractivity contribution >= 4 is 33.9 Å². The summed E-state index contributed by atoms with van der Waals surface area (Å²) in [6.07, 6.45) is 4.80. The van der Waals surface area contributed by atoms with Crippen LogP contribution in [0.25, 0.3) is 0 Å². The van der Waals surface area contributed by atoms with Gasteiger partial charge in [-0.25, -0.2) is 4.79 Å². The van der Waals surface area contributed by atoms with Crippen molar-refractivity contribution in [2.45, 2.75) is 39.2 Å². The molecular weight excluding hydrogens is 388 g/mol. The van der Waals surface area contributed by atoms with Crippen LogP contribution in [0, 0.1) is 10.1 Å². The van der Waals surface area contributed by atoms with Gasteiger partial charge in [-0.2, -0.15) is 0 Å². The molecule has 0 fully saturated rings. The number of hydrogen-bond acceptors (Lipinski definition) is 8. The van der Waals surface area contributed by atoms with Gasteiger partial charge in [-0.05, 0) is 38.2 Å². The van der Waals surface area contributed by atoms with Gasteiger partial charge >= 0.3 is 17.5 Å². The number of ether oxygens (including phenoxy) is 2. The first kappa shape index (κ1) is 19.8. The van der Waals surface area contributed by atoms with Crippen LogP contribution in [0.1, 0.15) is 40.6 Å². The lowest BCUT2D eigenvalue weighted by molar-refractivity contribution is -0.385. The maximum absolute atomic E-state index is 12.5. The number of carbonyl (C=O) groups is 2. The normalized spacial score (nSPS) is 12.9. The molecule has 28 heavy (non-hydrogen) atoms. The van der Waals surface area contributed by atoms with E-state index >= 15 is 0 Å². The van der Waals surface area contributed by atoms with Crippen LogP contribution >= 0.6 is 11.3 Å². The number of nitrogens with one attached hydrogen (secondary N) is 1. The second-order valence-corrected chi connectivity index (χ2v) is 7.27. The van der Waals surface area contributed by atoms with Gasteiger partial charge in [-0.15, -0.1) is 16.4 Å². The van der Waals surface area contributed by atoms with Gasteiger partial charge in [0.1, 0.15) is 17.7 Å². The summed E-state index contributed by atoms with van der Waals surface area (Å²) in [5.41, 5.74) is 1.04. The number of amides is 1. The van der Waals surface area contributed by atoms with Crippen molar-refractivity contribution in [3.63, 3.8) is 0 Å². The first-order valence-corrected chi connectivity index (χ1v) is 9.63. The van der Waals surface area contributed by atoms with Gasteiger partial charge in [0.25, 0.3) is 0 Å². The molecule has 1 amide bonds. The summed E-state index contributed by atoms with van der Waals surface area (Å²) >= 11 is 1.38. The largest absolute Gasteiger partial charge is 0.475 e. The molecule has 0 spiro atoms. The van der Waals surface area contributed by atoms with Gasteiger partial charge in [0.05, 0.1) is 24.2 Å². The van der Waals surface area contributed by atoms with Crippen LogP contribution in [0.4, 0.5) is 10.7 Å². The van der Waals surface area contributed by atoms with Gasteiger partial charge in [-0.1, -0.05) is 0 Å². The molecule has 0 aliphatic heterocycles. The van der Waals surface area contributed by atoms with Gasteiger partial charge in [0.2, 0.25) is 5.91 Å². The number of carbonyl (C=O) groups excluding carboxylic acids is 2. The predicted octanol–water partition coefficient (Wildman–Crippen LogP) is 2.56. The minimum Gasteiger partial charge on any atom is -0.475 e. The SMILES string of the molecule is CCOC(=O)c1c(NC(=O)Cn2cc([N+](=O)[O-])c(OC)n2)sc2c1CCCC2. The van der Waals surface area contributed by atoms with E-state index in [2.05, 4.69) is 10.4 Å². The van der Waals surface area contributed by atoms with Crippen molar-refractivity contribution < 1.29 is 24.0 Å². The Labute approximate surface area is 164 Å². The number of esters is 1. The highest BCUT2D eigenvalue weighted by Gasteiger charge is 2.28. The summed E-state index contributed by atoms with van der Waals surface area (Å²) in [6.45, 7) is 1.72.